The molecule has 0 atom stereocenters. The maximum absolute atomic E-state index is 13.1. The topological polar surface area (TPSA) is 81.5 Å². The molecule has 3 aromatic rings. The third-order valence-electron chi connectivity index (χ3n) is 5.43. The summed E-state index contributed by atoms with van der Waals surface area (Å²) in [5.41, 5.74) is 2.59. The van der Waals surface area contributed by atoms with E-state index in [1.54, 1.807) is 29.9 Å². The van der Waals surface area contributed by atoms with Gasteiger partial charge in [-0.15, -0.1) is 0 Å². The van der Waals surface area contributed by atoms with E-state index in [2.05, 4.69) is 5.10 Å². The van der Waals surface area contributed by atoms with Crippen molar-refractivity contribution < 1.29 is 17.9 Å². The minimum atomic E-state index is -3.62. The Morgan fingerprint density at radius 3 is 2.48 bits per heavy atom. The fourth-order valence-corrected chi connectivity index (χ4v) is 5.42. The van der Waals surface area contributed by atoms with E-state index >= 15 is 0 Å². The van der Waals surface area contributed by atoms with Crippen molar-refractivity contribution in [2.45, 2.75) is 37.7 Å². The third kappa shape index (κ3) is 4.70. The first kappa shape index (κ1) is 21.3. The van der Waals surface area contributed by atoms with Crippen LogP contribution in [-0.2, 0) is 21.4 Å². The number of hydrogen-bond donors (Lipinski definition) is 0. The summed E-state index contributed by atoms with van der Waals surface area (Å²) >= 11 is 0. The first-order valence-corrected chi connectivity index (χ1v) is 11.8. The van der Waals surface area contributed by atoms with Gasteiger partial charge in [0.2, 0.25) is 10.0 Å². The molecule has 0 unspecified atom stereocenters. The van der Waals surface area contributed by atoms with Gasteiger partial charge in [-0.1, -0.05) is 24.6 Å². The van der Waals surface area contributed by atoms with Crippen LogP contribution in [0, 0.1) is 6.92 Å². The average molecular weight is 440 g/mol. The lowest BCUT2D eigenvalue weighted by Gasteiger charge is -2.26. The average Bonchev–Trinajstić information content (AvgIpc) is 3.33. The molecule has 0 spiro atoms. The molecule has 162 valence electrons. The molecule has 2 heterocycles. The number of aromatic nitrogens is 2. The summed E-state index contributed by atoms with van der Waals surface area (Å²) in [6.07, 6.45) is 6.32. The van der Waals surface area contributed by atoms with E-state index in [4.69, 9.17) is 4.74 Å². The van der Waals surface area contributed by atoms with Gasteiger partial charge in [-0.2, -0.15) is 9.40 Å². The quantitative estimate of drug-likeness (QED) is 0.547. The zero-order valence-corrected chi connectivity index (χ0v) is 18.2. The highest BCUT2D eigenvalue weighted by Crippen LogP contribution is 2.25. The Morgan fingerprint density at radius 1 is 1.06 bits per heavy atom. The van der Waals surface area contributed by atoms with Crippen molar-refractivity contribution in [2.75, 3.05) is 13.1 Å². The van der Waals surface area contributed by atoms with Crippen molar-refractivity contribution in [3.05, 3.63) is 77.6 Å². The highest BCUT2D eigenvalue weighted by Gasteiger charge is 2.28. The van der Waals surface area contributed by atoms with Gasteiger partial charge in [0.05, 0.1) is 16.1 Å². The fraction of sp³-hybridized carbons (Fsp3) is 0.304. The number of piperidine rings is 1. The lowest BCUT2D eigenvalue weighted by atomic mass is 10.1. The van der Waals surface area contributed by atoms with E-state index in [1.165, 1.54) is 10.4 Å². The van der Waals surface area contributed by atoms with E-state index in [1.807, 2.05) is 36.5 Å². The van der Waals surface area contributed by atoms with Gasteiger partial charge >= 0.3 is 5.97 Å². The highest BCUT2D eigenvalue weighted by atomic mass is 32.2. The van der Waals surface area contributed by atoms with Crippen LogP contribution < -0.4 is 0 Å². The highest BCUT2D eigenvalue weighted by molar-refractivity contribution is 7.89. The molecule has 0 amide bonds. The summed E-state index contributed by atoms with van der Waals surface area (Å²) in [5, 5.41) is 4.18. The first-order chi connectivity index (χ1) is 14.9. The van der Waals surface area contributed by atoms with E-state index in [0.717, 1.165) is 30.5 Å². The van der Waals surface area contributed by atoms with Crippen molar-refractivity contribution in [2.24, 2.45) is 0 Å². The van der Waals surface area contributed by atoms with E-state index in [9.17, 15) is 13.2 Å². The van der Waals surface area contributed by atoms with Crippen LogP contribution in [0.5, 0.6) is 0 Å². The van der Waals surface area contributed by atoms with Crippen molar-refractivity contribution >= 4 is 16.0 Å². The van der Waals surface area contributed by atoms with Crippen molar-refractivity contribution in [1.29, 1.82) is 0 Å². The van der Waals surface area contributed by atoms with E-state index in [0.29, 0.717) is 18.7 Å². The largest absolute Gasteiger partial charge is 0.457 e. The van der Waals surface area contributed by atoms with Crippen LogP contribution in [0.3, 0.4) is 0 Å². The molecule has 1 aliphatic rings. The second kappa shape index (κ2) is 9.03. The van der Waals surface area contributed by atoms with Crippen molar-refractivity contribution in [1.82, 2.24) is 14.1 Å². The predicted molar refractivity (Wildman–Crippen MR) is 116 cm³/mol. The molecule has 1 aliphatic heterocycles. The number of ether oxygens (including phenoxy) is 1. The molecular weight excluding hydrogens is 414 g/mol. The second-order valence-electron chi connectivity index (χ2n) is 7.64. The van der Waals surface area contributed by atoms with Crippen LogP contribution in [0.15, 0.2) is 65.8 Å². The minimum Gasteiger partial charge on any atom is -0.457 e. The van der Waals surface area contributed by atoms with Crippen LogP contribution in [0.2, 0.25) is 0 Å². The Morgan fingerprint density at radius 2 is 1.81 bits per heavy atom. The molecule has 1 saturated heterocycles. The number of hydrogen-bond acceptors (Lipinski definition) is 5. The molecule has 31 heavy (non-hydrogen) atoms. The number of sulfonamides is 1. The van der Waals surface area contributed by atoms with Crippen LogP contribution in [-0.4, -0.2) is 41.6 Å². The van der Waals surface area contributed by atoms with Gasteiger partial charge in [0, 0.05) is 25.5 Å². The predicted octanol–water partition coefficient (Wildman–Crippen LogP) is 3.71. The number of carbonyl (C=O) groups excluding carboxylic acids is 1. The van der Waals surface area contributed by atoms with Gasteiger partial charge in [0.1, 0.15) is 6.61 Å². The summed E-state index contributed by atoms with van der Waals surface area (Å²) in [6, 6.07) is 14.1. The molecule has 2 aromatic carbocycles. The Labute approximate surface area is 182 Å². The number of rotatable bonds is 6. The smallest absolute Gasteiger partial charge is 0.338 e. The molecule has 7 nitrogen and oxygen atoms in total. The van der Waals surface area contributed by atoms with Gasteiger partial charge in [-0.05, 0) is 61.2 Å². The Hall–Kier alpha value is -2.97. The molecule has 0 N–H and O–H groups in total. The Balaban J connectivity index is 1.46. The normalized spacial score (nSPS) is 15.0. The molecule has 0 radical (unpaired) electrons. The number of benzene rings is 2. The van der Waals surface area contributed by atoms with E-state index < -0.39 is 16.0 Å². The van der Waals surface area contributed by atoms with Crippen LogP contribution in [0.1, 0.15) is 40.7 Å². The summed E-state index contributed by atoms with van der Waals surface area (Å²) in [5.74, 6) is -0.550. The standard InChI is InChI=1S/C23H25N3O4S/c1-18-6-9-20(16-22(18)31(28,29)25-13-3-2-4-14-25)23(27)30-17-19-7-10-21(11-8-19)26-15-5-12-24-26/h5-12,15-16H,2-4,13-14,17H2,1H3. The molecule has 8 heteroatoms. The number of carbonyl (C=O) groups is 1. The zero-order valence-electron chi connectivity index (χ0n) is 17.4. The van der Waals surface area contributed by atoms with Crippen LogP contribution >= 0.6 is 0 Å². The van der Waals surface area contributed by atoms with Gasteiger partial charge < -0.3 is 4.74 Å². The first-order valence-electron chi connectivity index (χ1n) is 10.3. The van der Waals surface area contributed by atoms with Gasteiger partial charge in [-0.25, -0.2) is 17.9 Å². The van der Waals surface area contributed by atoms with Crippen molar-refractivity contribution in [3.63, 3.8) is 0 Å². The Bertz CT molecular complexity index is 1150. The number of nitrogens with zero attached hydrogens (tertiary/aromatic N) is 3. The SMILES string of the molecule is Cc1ccc(C(=O)OCc2ccc(-n3cccn3)cc2)cc1S(=O)(=O)N1CCCCC1. The lowest BCUT2D eigenvalue weighted by molar-refractivity contribution is 0.0472. The second-order valence-corrected chi connectivity index (χ2v) is 9.54. The monoisotopic (exact) mass is 439 g/mol. The summed E-state index contributed by atoms with van der Waals surface area (Å²) in [7, 11) is -3.62. The molecule has 1 fully saturated rings. The van der Waals surface area contributed by atoms with Gasteiger partial charge in [0.15, 0.2) is 0 Å². The summed E-state index contributed by atoms with van der Waals surface area (Å²) < 4.78 is 34.8. The van der Waals surface area contributed by atoms with Gasteiger partial charge in [0.25, 0.3) is 0 Å². The van der Waals surface area contributed by atoms with E-state index in [-0.39, 0.29) is 17.1 Å². The summed E-state index contributed by atoms with van der Waals surface area (Å²) in [6.45, 7) is 2.88. The lowest BCUT2D eigenvalue weighted by Crippen LogP contribution is -2.36. The third-order valence-corrected chi connectivity index (χ3v) is 7.47. The fourth-order valence-electron chi connectivity index (χ4n) is 3.65. The molecule has 0 bridgehead atoms. The van der Waals surface area contributed by atoms with Gasteiger partial charge in [-0.3, -0.25) is 0 Å². The van der Waals surface area contributed by atoms with Crippen LogP contribution in [0.25, 0.3) is 5.69 Å². The molecular formula is C23H25N3O4S. The Kier molecular flexibility index (Phi) is 6.20. The molecule has 4 rings (SSSR count). The summed E-state index contributed by atoms with van der Waals surface area (Å²) in [4.78, 5) is 12.8. The zero-order chi connectivity index (χ0) is 21.8. The minimum absolute atomic E-state index is 0.0975. The molecule has 0 saturated carbocycles. The van der Waals surface area contributed by atoms with Crippen molar-refractivity contribution in [3.8, 4) is 5.69 Å². The molecule has 1 aromatic heterocycles. The molecule has 0 aliphatic carbocycles. The number of esters is 1. The maximum atomic E-state index is 13.1. The van der Waals surface area contributed by atoms with Crippen LogP contribution in [0.4, 0.5) is 0 Å². The maximum Gasteiger partial charge on any atom is 0.338 e. The number of aryl methyl sites for hydroxylation is 1.